The number of hydrogen-bond acceptors (Lipinski definition) is 10. The Kier molecular flexibility index (Phi) is 7.64. The van der Waals surface area contributed by atoms with E-state index in [0.717, 1.165) is 6.07 Å². The molecule has 0 unspecified atom stereocenters. The fraction of sp³-hybridized carbons (Fsp3) is 0.389. The molecule has 2 aromatic rings. The topological polar surface area (TPSA) is 166 Å². The second-order valence-corrected chi connectivity index (χ2v) is 7.44. The third kappa shape index (κ3) is 6.22. The number of anilines is 2. The maximum absolute atomic E-state index is 12.6. The fourth-order valence-electron chi connectivity index (χ4n) is 2.43. The lowest BCUT2D eigenvalue weighted by molar-refractivity contribution is -0.384. The Balaban J connectivity index is 2.12. The molecule has 13 heteroatoms. The number of rotatable bonds is 8. The summed E-state index contributed by atoms with van der Waals surface area (Å²) in [6.45, 7) is 3.14. The summed E-state index contributed by atoms with van der Waals surface area (Å²) < 4.78 is 5.25. The number of carbonyl (C=O) groups excluding carboxylic acids is 2. The molecular weight excluding hydrogens is 430 g/mol. The van der Waals surface area contributed by atoms with E-state index in [9.17, 15) is 19.7 Å². The predicted octanol–water partition coefficient (Wildman–Crippen LogP) is 1.58. The molecule has 0 aliphatic heterocycles. The Hall–Kier alpha value is -3.54. The van der Waals surface area contributed by atoms with Crippen LogP contribution >= 0.6 is 11.6 Å². The van der Waals surface area contributed by atoms with E-state index in [1.54, 1.807) is 32.8 Å². The van der Waals surface area contributed by atoms with Gasteiger partial charge in [0.2, 0.25) is 11.9 Å². The number of nitrogen functional groups attached to an aromatic ring is 1. The molecule has 3 N–H and O–H groups in total. The molecule has 0 radical (unpaired) electrons. The number of amides is 1. The summed E-state index contributed by atoms with van der Waals surface area (Å²) in [5.41, 5.74) is 5.21. The molecule has 166 valence electrons. The van der Waals surface area contributed by atoms with E-state index in [1.807, 2.05) is 0 Å². The molecule has 12 nitrogen and oxygen atoms in total. The van der Waals surface area contributed by atoms with E-state index in [2.05, 4.69) is 20.3 Å². The SMILES string of the molecule is CC(C)[C@H](NC(=O)c1ccc(Cl)c([N+](=O)[O-])c1)C(=O)OCc1nc(N)nc(N(C)C)n1. The molecule has 0 aliphatic rings. The predicted molar refractivity (Wildman–Crippen MR) is 113 cm³/mol. The van der Waals surface area contributed by atoms with E-state index >= 15 is 0 Å². The van der Waals surface area contributed by atoms with Gasteiger partial charge in [0.25, 0.3) is 11.6 Å². The summed E-state index contributed by atoms with van der Waals surface area (Å²) in [5, 5.41) is 13.5. The highest BCUT2D eigenvalue weighted by atomic mass is 35.5. The van der Waals surface area contributed by atoms with Crippen molar-refractivity contribution in [1.29, 1.82) is 0 Å². The molecular formula is C18H22ClN7O5. The average Bonchev–Trinajstić information content (AvgIpc) is 2.69. The van der Waals surface area contributed by atoms with Crippen LogP contribution in [0.2, 0.25) is 5.02 Å². The highest BCUT2D eigenvalue weighted by Gasteiger charge is 2.27. The lowest BCUT2D eigenvalue weighted by atomic mass is 10.0. The van der Waals surface area contributed by atoms with E-state index in [0.29, 0.717) is 5.95 Å². The van der Waals surface area contributed by atoms with Crippen molar-refractivity contribution in [2.75, 3.05) is 24.7 Å². The number of aromatic nitrogens is 3. The first-order valence-electron chi connectivity index (χ1n) is 9.08. The monoisotopic (exact) mass is 451 g/mol. The zero-order valence-electron chi connectivity index (χ0n) is 17.3. The lowest BCUT2D eigenvalue weighted by Crippen LogP contribution is -2.45. The number of ether oxygens (including phenoxy) is 1. The molecule has 2 rings (SSSR count). The minimum atomic E-state index is -1.02. The van der Waals surface area contributed by atoms with Gasteiger partial charge in [0.05, 0.1) is 4.92 Å². The number of nitro groups is 1. The summed E-state index contributed by atoms with van der Waals surface area (Å²) in [5.74, 6) is -1.32. The van der Waals surface area contributed by atoms with Crippen LogP contribution in [-0.2, 0) is 16.1 Å². The Morgan fingerprint density at radius 2 is 1.97 bits per heavy atom. The van der Waals surface area contributed by atoms with Crippen molar-refractivity contribution in [2.45, 2.75) is 26.5 Å². The highest BCUT2D eigenvalue weighted by Crippen LogP contribution is 2.25. The van der Waals surface area contributed by atoms with Crippen LogP contribution in [0, 0.1) is 16.0 Å². The first kappa shape index (κ1) is 23.7. The minimum absolute atomic E-state index is 0.0181. The van der Waals surface area contributed by atoms with Crippen molar-refractivity contribution in [1.82, 2.24) is 20.3 Å². The number of benzene rings is 1. The van der Waals surface area contributed by atoms with Crippen LogP contribution in [0.4, 0.5) is 17.6 Å². The second-order valence-electron chi connectivity index (χ2n) is 7.03. The lowest BCUT2D eigenvalue weighted by Gasteiger charge is -2.21. The van der Waals surface area contributed by atoms with Crippen molar-refractivity contribution in [2.24, 2.45) is 5.92 Å². The van der Waals surface area contributed by atoms with E-state index < -0.39 is 28.5 Å². The Bertz CT molecular complexity index is 999. The van der Waals surface area contributed by atoms with E-state index in [4.69, 9.17) is 22.1 Å². The first-order valence-corrected chi connectivity index (χ1v) is 9.46. The molecule has 31 heavy (non-hydrogen) atoms. The number of carbonyl (C=O) groups is 2. The summed E-state index contributed by atoms with van der Waals surface area (Å²) in [6.07, 6.45) is 0. The molecule has 1 atom stereocenters. The molecule has 1 aromatic heterocycles. The molecule has 0 saturated carbocycles. The number of hydrogen-bond donors (Lipinski definition) is 2. The van der Waals surface area contributed by atoms with Gasteiger partial charge in [-0.2, -0.15) is 15.0 Å². The third-order valence-electron chi connectivity index (χ3n) is 4.04. The van der Waals surface area contributed by atoms with Gasteiger partial charge in [-0.15, -0.1) is 0 Å². The van der Waals surface area contributed by atoms with Crippen molar-refractivity contribution < 1.29 is 19.2 Å². The summed E-state index contributed by atoms with van der Waals surface area (Å²) >= 11 is 5.77. The zero-order valence-corrected chi connectivity index (χ0v) is 18.1. The summed E-state index contributed by atoms with van der Waals surface area (Å²) in [4.78, 5) is 49.1. The molecule has 0 spiro atoms. The maximum Gasteiger partial charge on any atom is 0.329 e. The van der Waals surface area contributed by atoms with Gasteiger partial charge in [0.1, 0.15) is 11.1 Å². The van der Waals surface area contributed by atoms with Crippen LogP contribution in [0.5, 0.6) is 0 Å². The summed E-state index contributed by atoms with van der Waals surface area (Å²) in [6, 6.07) is 2.58. The summed E-state index contributed by atoms with van der Waals surface area (Å²) in [7, 11) is 3.44. The van der Waals surface area contributed by atoms with Crippen LogP contribution in [0.1, 0.15) is 30.0 Å². The number of nitrogens with two attached hydrogens (primary N) is 1. The van der Waals surface area contributed by atoms with Gasteiger partial charge in [-0.3, -0.25) is 14.9 Å². The number of nitrogens with zero attached hydrogens (tertiary/aromatic N) is 5. The van der Waals surface area contributed by atoms with Crippen molar-refractivity contribution in [3.8, 4) is 0 Å². The van der Waals surface area contributed by atoms with Gasteiger partial charge in [-0.05, 0) is 18.1 Å². The molecule has 1 aromatic carbocycles. The minimum Gasteiger partial charge on any atom is -0.456 e. The number of nitrogens with one attached hydrogen (secondary N) is 1. The van der Waals surface area contributed by atoms with Crippen LogP contribution in [-0.4, -0.2) is 51.9 Å². The third-order valence-corrected chi connectivity index (χ3v) is 4.36. The van der Waals surface area contributed by atoms with E-state index in [1.165, 1.54) is 12.1 Å². The standard InChI is InChI=1S/C18H22ClN7O5/c1-9(2)14(23-15(27)10-5-6-11(19)12(7-10)26(29)30)16(28)31-8-13-21-17(20)24-18(22-13)25(3)4/h5-7,9,14H,8H2,1-4H3,(H,23,27)(H2,20,21,22,24)/t14-/m0/s1. The average molecular weight is 452 g/mol. The van der Waals surface area contributed by atoms with Gasteiger partial charge in [0.15, 0.2) is 12.4 Å². The van der Waals surface area contributed by atoms with Gasteiger partial charge in [-0.1, -0.05) is 25.4 Å². The Labute approximate surface area is 182 Å². The Morgan fingerprint density at radius 3 is 2.55 bits per heavy atom. The molecule has 0 aliphatic carbocycles. The maximum atomic E-state index is 12.6. The molecule has 0 bridgehead atoms. The fourth-order valence-corrected chi connectivity index (χ4v) is 2.62. The van der Waals surface area contributed by atoms with Crippen LogP contribution in [0.15, 0.2) is 18.2 Å². The number of nitro benzene ring substituents is 1. The van der Waals surface area contributed by atoms with Gasteiger partial charge >= 0.3 is 5.97 Å². The molecule has 0 saturated heterocycles. The first-order chi connectivity index (χ1) is 14.5. The van der Waals surface area contributed by atoms with Crippen molar-refractivity contribution in [3.05, 3.63) is 44.7 Å². The van der Waals surface area contributed by atoms with Crippen LogP contribution in [0.3, 0.4) is 0 Å². The van der Waals surface area contributed by atoms with Crippen LogP contribution in [0.25, 0.3) is 0 Å². The van der Waals surface area contributed by atoms with Gasteiger partial charge in [0, 0.05) is 25.7 Å². The normalized spacial score (nSPS) is 11.7. The molecule has 1 amide bonds. The number of esters is 1. The molecule has 0 fully saturated rings. The van der Waals surface area contributed by atoms with Crippen molar-refractivity contribution in [3.63, 3.8) is 0 Å². The van der Waals surface area contributed by atoms with Gasteiger partial charge < -0.3 is 20.7 Å². The second kappa shape index (κ2) is 9.98. The quantitative estimate of drug-likeness (QED) is 0.341. The van der Waals surface area contributed by atoms with Crippen LogP contribution < -0.4 is 16.0 Å². The number of halogens is 1. The Morgan fingerprint density at radius 1 is 1.29 bits per heavy atom. The molecule has 1 heterocycles. The largest absolute Gasteiger partial charge is 0.456 e. The van der Waals surface area contributed by atoms with Crippen molar-refractivity contribution >= 4 is 41.1 Å². The van der Waals surface area contributed by atoms with Gasteiger partial charge in [-0.25, -0.2) is 4.79 Å². The van der Waals surface area contributed by atoms with E-state index in [-0.39, 0.29) is 34.9 Å². The smallest absolute Gasteiger partial charge is 0.329 e. The highest BCUT2D eigenvalue weighted by molar-refractivity contribution is 6.32. The zero-order chi connectivity index (χ0) is 23.3.